The van der Waals surface area contributed by atoms with Crippen molar-refractivity contribution >= 4 is 33.2 Å². The Morgan fingerprint density at radius 1 is 0.875 bits per heavy atom. The Morgan fingerprint density at radius 3 is 2.25 bits per heavy atom. The molecule has 32 heavy (non-hydrogen) atoms. The van der Waals surface area contributed by atoms with E-state index in [0.717, 1.165) is 19.6 Å². The van der Waals surface area contributed by atoms with Crippen LogP contribution in [0.3, 0.4) is 0 Å². The van der Waals surface area contributed by atoms with Crippen molar-refractivity contribution in [2.75, 3.05) is 30.9 Å². The second-order valence-electron chi connectivity index (χ2n) is 7.69. The minimum absolute atomic E-state index is 0.0426. The zero-order valence-electron chi connectivity index (χ0n) is 17.4. The van der Waals surface area contributed by atoms with Crippen molar-refractivity contribution < 1.29 is 13.2 Å². The second kappa shape index (κ2) is 9.73. The third kappa shape index (κ3) is 5.48. The van der Waals surface area contributed by atoms with Gasteiger partial charge in [0, 0.05) is 49.0 Å². The molecule has 1 aliphatic rings. The lowest BCUT2D eigenvalue weighted by molar-refractivity contribution is 0.0628. The van der Waals surface area contributed by atoms with Gasteiger partial charge in [0.25, 0.3) is 15.9 Å². The molecule has 0 atom stereocenters. The summed E-state index contributed by atoms with van der Waals surface area (Å²) in [4.78, 5) is 17.2. The maximum atomic E-state index is 13.0. The van der Waals surface area contributed by atoms with Gasteiger partial charge in [-0.2, -0.15) is 0 Å². The number of halogens is 1. The molecular weight excluding hydrogens is 446 g/mol. The van der Waals surface area contributed by atoms with Crippen LogP contribution in [0.4, 0.5) is 5.69 Å². The molecule has 1 saturated heterocycles. The van der Waals surface area contributed by atoms with Crippen molar-refractivity contribution in [1.82, 2.24) is 9.80 Å². The molecule has 8 heteroatoms. The first-order chi connectivity index (χ1) is 15.4. The summed E-state index contributed by atoms with van der Waals surface area (Å²) in [5.41, 5.74) is 2.01. The Balaban J connectivity index is 1.40. The van der Waals surface area contributed by atoms with Gasteiger partial charge in [0.15, 0.2) is 0 Å². The first kappa shape index (κ1) is 22.3. The average Bonchev–Trinajstić information content (AvgIpc) is 2.81. The molecule has 0 aliphatic carbocycles. The summed E-state index contributed by atoms with van der Waals surface area (Å²) in [6.45, 7) is 3.61. The molecule has 3 aromatic rings. The van der Waals surface area contributed by atoms with Crippen LogP contribution >= 0.6 is 11.6 Å². The summed E-state index contributed by atoms with van der Waals surface area (Å²) >= 11 is 5.86. The summed E-state index contributed by atoms with van der Waals surface area (Å²) < 4.78 is 28.1. The first-order valence-corrected chi connectivity index (χ1v) is 12.2. The summed E-state index contributed by atoms with van der Waals surface area (Å²) in [6.07, 6.45) is 0. The zero-order valence-corrected chi connectivity index (χ0v) is 19.0. The van der Waals surface area contributed by atoms with Gasteiger partial charge in [-0.15, -0.1) is 0 Å². The molecular formula is C24H24ClN3O3S. The van der Waals surface area contributed by atoms with E-state index in [2.05, 4.69) is 21.8 Å². The van der Waals surface area contributed by atoms with Crippen molar-refractivity contribution in [2.24, 2.45) is 0 Å². The molecule has 0 saturated carbocycles. The van der Waals surface area contributed by atoms with Crippen molar-refractivity contribution in [3.05, 3.63) is 95.0 Å². The predicted octanol–water partition coefficient (Wildman–Crippen LogP) is 4.10. The summed E-state index contributed by atoms with van der Waals surface area (Å²) in [5.74, 6) is -0.159. The Kier molecular flexibility index (Phi) is 6.79. The quantitative estimate of drug-likeness (QED) is 0.590. The van der Waals surface area contributed by atoms with E-state index < -0.39 is 10.0 Å². The smallest absolute Gasteiger partial charge is 0.261 e. The van der Waals surface area contributed by atoms with Crippen LogP contribution in [0, 0.1) is 0 Å². The van der Waals surface area contributed by atoms with Crippen LogP contribution in [0.25, 0.3) is 0 Å². The first-order valence-electron chi connectivity index (χ1n) is 10.3. The molecule has 3 aromatic carbocycles. The van der Waals surface area contributed by atoms with Gasteiger partial charge in [0.2, 0.25) is 0 Å². The molecule has 0 spiro atoms. The number of carbonyl (C=O) groups excluding carboxylic acids is 1. The fraction of sp³-hybridized carbons (Fsp3) is 0.208. The topological polar surface area (TPSA) is 69.7 Å². The number of benzene rings is 3. The van der Waals surface area contributed by atoms with Gasteiger partial charge in [-0.1, -0.05) is 48.0 Å². The highest BCUT2D eigenvalue weighted by Crippen LogP contribution is 2.20. The third-order valence-electron chi connectivity index (χ3n) is 5.40. The van der Waals surface area contributed by atoms with Crippen LogP contribution < -0.4 is 4.72 Å². The molecule has 0 bridgehead atoms. The molecule has 4 rings (SSSR count). The molecule has 1 aliphatic heterocycles. The van der Waals surface area contributed by atoms with E-state index in [9.17, 15) is 13.2 Å². The van der Waals surface area contributed by atoms with Crippen LogP contribution in [0.15, 0.2) is 83.8 Å². The fourth-order valence-electron chi connectivity index (χ4n) is 3.66. The van der Waals surface area contributed by atoms with Gasteiger partial charge in [-0.25, -0.2) is 8.42 Å². The number of carbonyl (C=O) groups is 1. The van der Waals surface area contributed by atoms with Gasteiger partial charge in [-0.3, -0.25) is 14.4 Å². The number of sulfonamides is 1. The zero-order chi connectivity index (χ0) is 22.6. The predicted molar refractivity (Wildman–Crippen MR) is 126 cm³/mol. The lowest BCUT2D eigenvalue weighted by atomic mass is 10.1. The number of rotatable bonds is 6. The fourth-order valence-corrected chi connectivity index (χ4v) is 4.89. The van der Waals surface area contributed by atoms with E-state index in [1.165, 1.54) is 17.7 Å². The highest BCUT2D eigenvalue weighted by Gasteiger charge is 2.24. The van der Waals surface area contributed by atoms with Gasteiger partial charge < -0.3 is 4.90 Å². The number of piperazine rings is 1. The van der Waals surface area contributed by atoms with E-state index in [0.29, 0.717) is 29.4 Å². The molecule has 6 nitrogen and oxygen atoms in total. The van der Waals surface area contributed by atoms with E-state index in [1.807, 2.05) is 18.2 Å². The average molecular weight is 470 g/mol. The van der Waals surface area contributed by atoms with E-state index in [1.54, 1.807) is 41.3 Å². The van der Waals surface area contributed by atoms with Crippen molar-refractivity contribution in [1.29, 1.82) is 0 Å². The van der Waals surface area contributed by atoms with Gasteiger partial charge in [0.05, 0.1) is 4.90 Å². The van der Waals surface area contributed by atoms with Crippen molar-refractivity contribution in [2.45, 2.75) is 11.4 Å². The third-order valence-corrected chi connectivity index (χ3v) is 7.03. The monoisotopic (exact) mass is 469 g/mol. The molecule has 1 N–H and O–H groups in total. The Hall–Kier alpha value is -2.87. The molecule has 0 radical (unpaired) electrons. The molecule has 0 unspecified atom stereocenters. The number of amides is 1. The van der Waals surface area contributed by atoms with Crippen molar-refractivity contribution in [3.63, 3.8) is 0 Å². The number of anilines is 1. The maximum Gasteiger partial charge on any atom is 0.261 e. The molecule has 0 aromatic heterocycles. The Morgan fingerprint density at radius 2 is 1.56 bits per heavy atom. The Bertz CT molecular complexity index is 1180. The lowest BCUT2D eigenvalue weighted by Crippen LogP contribution is -2.48. The summed E-state index contributed by atoms with van der Waals surface area (Å²) in [5, 5.41) is 0.518. The normalized spacial score (nSPS) is 14.8. The van der Waals surface area contributed by atoms with E-state index in [4.69, 9.17) is 11.6 Å². The van der Waals surface area contributed by atoms with Crippen molar-refractivity contribution in [3.8, 4) is 0 Å². The van der Waals surface area contributed by atoms with Crippen LogP contribution in [0.1, 0.15) is 15.9 Å². The highest BCUT2D eigenvalue weighted by atomic mass is 35.5. The molecule has 166 valence electrons. The highest BCUT2D eigenvalue weighted by molar-refractivity contribution is 7.92. The maximum absolute atomic E-state index is 13.0. The van der Waals surface area contributed by atoms with Gasteiger partial charge in [-0.05, 0) is 48.0 Å². The Labute approximate surface area is 193 Å². The van der Waals surface area contributed by atoms with Crippen LogP contribution in [-0.2, 0) is 16.6 Å². The number of hydrogen-bond acceptors (Lipinski definition) is 4. The SMILES string of the molecule is O=C(c1cccc(S(=O)(=O)Nc2ccc(Cl)cc2)c1)N1CCN(Cc2ccccc2)CC1. The summed E-state index contributed by atoms with van der Waals surface area (Å²) in [6, 6.07) is 22.8. The standard InChI is InChI=1S/C24H24ClN3O3S/c25-21-9-11-22(12-10-21)26-32(30,31)23-8-4-7-20(17-23)24(29)28-15-13-27(14-16-28)18-19-5-2-1-3-6-19/h1-12,17,26H,13-16,18H2. The molecule has 1 amide bonds. The second-order valence-corrected chi connectivity index (χ2v) is 9.81. The minimum Gasteiger partial charge on any atom is -0.336 e. The largest absolute Gasteiger partial charge is 0.336 e. The van der Waals surface area contributed by atoms with Gasteiger partial charge >= 0.3 is 0 Å². The minimum atomic E-state index is -3.83. The number of nitrogens with one attached hydrogen (secondary N) is 1. The lowest BCUT2D eigenvalue weighted by Gasteiger charge is -2.34. The van der Waals surface area contributed by atoms with Crippen LogP contribution in [-0.4, -0.2) is 50.3 Å². The molecule has 1 fully saturated rings. The number of hydrogen-bond donors (Lipinski definition) is 1. The van der Waals surface area contributed by atoms with Gasteiger partial charge in [0.1, 0.15) is 0 Å². The van der Waals surface area contributed by atoms with Crippen LogP contribution in [0.5, 0.6) is 0 Å². The number of nitrogens with zero attached hydrogens (tertiary/aromatic N) is 2. The molecule has 1 heterocycles. The van der Waals surface area contributed by atoms with E-state index >= 15 is 0 Å². The van der Waals surface area contributed by atoms with Crippen LogP contribution in [0.2, 0.25) is 5.02 Å². The summed E-state index contributed by atoms with van der Waals surface area (Å²) in [7, 11) is -3.83. The van der Waals surface area contributed by atoms with E-state index in [-0.39, 0.29) is 10.8 Å².